The average molecular weight is 296 g/mol. The van der Waals surface area contributed by atoms with Crippen LogP contribution in [0.15, 0.2) is 42.6 Å². The van der Waals surface area contributed by atoms with Crippen LogP contribution in [0, 0.1) is 6.92 Å². The second kappa shape index (κ2) is 6.03. The summed E-state index contributed by atoms with van der Waals surface area (Å²) >= 11 is 0. The highest BCUT2D eigenvalue weighted by molar-refractivity contribution is 5.95. The highest BCUT2D eigenvalue weighted by Gasteiger charge is 2.40. The van der Waals surface area contributed by atoms with Gasteiger partial charge in [0.05, 0.1) is 5.56 Å². The van der Waals surface area contributed by atoms with E-state index in [1.807, 2.05) is 0 Å². The first-order valence-corrected chi connectivity index (χ1v) is 6.43. The molecule has 2 aromatic rings. The fraction of sp³-hybridized carbons (Fsp3) is 0.267. The number of alkyl halides is 3. The van der Waals surface area contributed by atoms with E-state index in [2.05, 4.69) is 10.3 Å². The fourth-order valence-corrected chi connectivity index (χ4v) is 2.03. The van der Waals surface area contributed by atoms with E-state index in [0.29, 0.717) is 11.3 Å². The Hall–Kier alpha value is -2.24. The number of amides is 1. The van der Waals surface area contributed by atoms with Gasteiger partial charge in [0.2, 0.25) is 0 Å². The quantitative estimate of drug-likeness (QED) is 0.894. The molecule has 0 bridgehead atoms. The number of nitrogens with one attached hydrogen (secondary N) is 2. The van der Waals surface area contributed by atoms with Crippen molar-refractivity contribution in [1.82, 2.24) is 10.3 Å². The number of H-pyrrole nitrogens is 1. The molecule has 1 atom stereocenters. The van der Waals surface area contributed by atoms with Crippen LogP contribution in [0.1, 0.15) is 21.6 Å². The summed E-state index contributed by atoms with van der Waals surface area (Å²) in [7, 11) is 0. The molecule has 0 radical (unpaired) electrons. The summed E-state index contributed by atoms with van der Waals surface area (Å²) in [4.78, 5) is 14.7. The lowest BCUT2D eigenvalue weighted by molar-refractivity contribution is -0.153. The maximum atomic E-state index is 13.1. The molecule has 1 heterocycles. The number of hydrogen-bond donors (Lipinski definition) is 2. The maximum absolute atomic E-state index is 13.1. The topological polar surface area (TPSA) is 44.9 Å². The van der Waals surface area contributed by atoms with Gasteiger partial charge in [0.1, 0.15) is 6.04 Å². The van der Waals surface area contributed by atoms with E-state index < -0.39 is 18.1 Å². The monoisotopic (exact) mass is 296 g/mol. The molecule has 1 unspecified atom stereocenters. The number of aromatic amines is 1. The summed E-state index contributed by atoms with van der Waals surface area (Å²) < 4.78 is 39.3. The van der Waals surface area contributed by atoms with Crippen molar-refractivity contribution in [3.8, 4) is 0 Å². The van der Waals surface area contributed by atoms with Crippen LogP contribution in [-0.4, -0.2) is 23.1 Å². The van der Waals surface area contributed by atoms with E-state index in [1.165, 1.54) is 12.3 Å². The van der Waals surface area contributed by atoms with Crippen molar-refractivity contribution in [2.45, 2.75) is 25.6 Å². The molecule has 0 aliphatic carbocycles. The lowest BCUT2D eigenvalue weighted by Crippen LogP contribution is -2.46. The number of benzene rings is 1. The Morgan fingerprint density at radius 3 is 2.43 bits per heavy atom. The van der Waals surface area contributed by atoms with E-state index in [1.54, 1.807) is 37.3 Å². The summed E-state index contributed by atoms with van der Waals surface area (Å²) in [6.07, 6.45) is -3.28. The summed E-state index contributed by atoms with van der Waals surface area (Å²) in [5.74, 6) is -0.730. The summed E-state index contributed by atoms with van der Waals surface area (Å²) in [5.41, 5.74) is 1.27. The van der Waals surface area contributed by atoms with Gasteiger partial charge in [-0.15, -0.1) is 0 Å². The molecule has 0 saturated carbocycles. The normalized spacial score (nSPS) is 13.0. The third-order valence-corrected chi connectivity index (χ3v) is 3.18. The minimum Gasteiger partial charge on any atom is -0.365 e. The molecule has 0 aliphatic rings. The molecule has 1 aromatic carbocycles. The number of hydrogen-bond acceptors (Lipinski definition) is 1. The lowest BCUT2D eigenvalue weighted by atomic mass is 10.1. The maximum Gasteiger partial charge on any atom is 0.408 e. The first-order chi connectivity index (χ1) is 9.88. The van der Waals surface area contributed by atoms with Crippen LogP contribution in [0.3, 0.4) is 0 Å². The Bertz CT molecular complexity index is 605. The van der Waals surface area contributed by atoms with Crippen LogP contribution in [0.2, 0.25) is 0 Å². The van der Waals surface area contributed by atoms with Crippen LogP contribution in [-0.2, 0) is 6.42 Å². The molecule has 6 heteroatoms. The number of aromatic nitrogens is 1. The Labute approximate surface area is 120 Å². The molecule has 21 heavy (non-hydrogen) atoms. The highest BCUT2D eigenvalue weighted by Crippen LogP contribution is 2.23. The molecule has 0 saturated heterocycles. The van der Waals surface area contributed by atoms with Crippen molar-refractivity contribution in [3.05, 3.63) is 59.4 Å². The third kappa shape index (κ3) is 3.87. The minimum absolute atomic E-state index is 0.220. The number of rotatable bonds is 4. The predicted molar refractivity (Wildman–Crippen MR) is 73.0 cm³/mol. The smallest absolute Gasteiger partial charge is 0.365 e. The van der Waals surface area contributed by atoms with E-state index in [0.717, 1.165) is 0 Å². The summed E-state index contributed by atoms with van der Waals surface area (Å²) in [6, 6.07) is 7.82. The second-order valence-corrected chi connectivity index (χ2v) is 4.77. The van der Waals surface area contributed by atoms with Gasteiger partial charge in [-0.2, -0.15) is 13.2 Å². The molecule has 2 N–H and O–H groups in total. The molecule has 112 valence electrons. The van der Waals surface area contributed by atoms with Crippen molar-refractivity contribution >= 4 is 5.91 Å². The van der Waals surface area contributed by atoms with Crippen molar-refractivity contribution in [2.75, 3.05) is 0 Å². The SMILES string of the molecule is Cc1[nH]ccc1C(=O)NC(Cc1ccccc1)C(F)(F)F. The van der Waals surface area contributed by atoms with Gasteiger partial charge in [-0.05, 0) is 18.6 Å². The van der Waals surface area contributed by atoms with Gasteiger partial charge in [-0.1, -0.05) is 30.3 Å². The number of halogens is 3. The second-order valence-electron chi connectivity index (χ2n) is 4.77. The molecule has 2 rings (SSSR count). The number of aryl methyl sites for hydroxylation is 1. The first kappa shape index (κ1) is 15.2. The van der Waals surface area contributed by atoms with E-state index in [9.17, 15) is 18.0 Å². The zero-order valence-electron chi connectivity index (χ0n) is 11.4. The van der Waals surface area contributed by atoms with Crippen LogP contribution in [0.5, 0.6) is 0 Å². The van der Waals surface area contributed by atoms with Crippen molar-refractivity contribution in [1.29, 1.82) is 0 Å². The van der Waals surface area contributed by atoms with E-state index >= 15 is 0 Å². The summed E-state index contributed by atoms with van der Waals surface area (Å²) in [5, 5.41) is 2.06. The van der Waals surface area contributed by atoms with Crippen LogP contribution >= 0.6 is 0 Å². The van der Waals surface area contributed by atoms with Crippen LogP contribution in [0.4, 0.5) is 13.2 Å². The largest absolute Gasteiger partial charge is 0.408 e. The third-order valence-electron chi connectivity index (χ3n) is 3.18. The van der Waals surface area contributed by atoms with Gasteiger partial charge in [-0.3, -0.25) is 4.79 Å². The van der Waals surface area contributed by atoms with Gasteiger partial charge in [-0.25, -0.2) is 0 Å². The van der Waals surface area contributed by atoms with Crippen molar-refractivity contribution < 1.29 is 18.0 Å². The number of carbonyl (C=O) groups excluding carboxylic acids is 1. The standard InChI is InChI=1S/C15H15F3N2O/c1-10-12(7-8-19-10)14(21)20-13(15(16,17)18)9-11-5-3-2-4-6-11/h2-8,13,19H,9H2,1H3,(H,20,21). The van der Waals surface area contributed by atoms with Crippen LogP contribution < -0.4 is 5.32 Å². The molecule has 0 aliphatic heterocycles. The molecule has 1 amide bonds. The molecule has 0 spiro atoms. The van der Waals surface area contributed by atoms with Gasteiger partial charge in [0.15, 0.2) is 0 Å². The fourth-order valence-electron chi connectivity index (χ4n) is 2.03. The Morgan fingerprint density at radius 1 is 1.24 bits per heavy atom. The van der Waals surface area contributed by atoms with Crippen molar-refractivity contribution in [3.63, 3.8) is 0 Å². The van der Waals surface area contributed by atoms with E-state index in [4.69, 9.17) is 0 Å². The van der Waals surface area contributed by atoms with Gasteiger partial charge < -0.3 is 10.3 Å². The van der Waals surface area contributed by atoms with E-state index in [-0.39, 0.29) is 12.0 Å². The molecular weight excluding hydrogens is 281 g/mol. The van der Waals surface area contributed by atoms with Crippen LogP contribution in [0.25, 0.3) is 0 Å². The van der Waals surface area contributed by atoms with Gasteiger partial charge in [0.25, 0.3) is 5.91 Å². The minimum atomic E-state index is -4.50. The Balaban J connectivity index is 2.14. The first-order valence-electron chi connectivity index (χ1n) is 6.43. The molecule has 0 fully saturated rings. The Kier molecular flexibility index (Phi) is 4.35. The molecular formula is C15H15F3N2O. The average Bonchev–Trinajstić information content (AvgIpc) is 2.84. The molecule has 1 aromatic heterocycles. The predicted octanol–water partition coefficient (Wildman–Crippen LogP) is 3.23. The molecule has 3 nitrogen and oxygen atoms in total. The zero-order valence-corrected chi connectivity index (χ0v) is 11.4. The summed E-state index contributed by atoms with van der Waals surface area (Å²) in [6.45, 7) is 1.63. The van der Waals surface area contributed by atoms with Gasteiger partial charge in [0, 0.05) is 18.3 Å². The Morgan fingerprint density at radius 2 is 1.90 bits per heavy atom. The van der Waals surface area contributed by atoms with Crippen molar-refractivity contribution in [2.24, 2.45) is 0 Å². The highest BCUT2D eigenvalue weighted by atomic mass is 19.4. The van der Waals surface area contributed by atoms with Gasteiger partial charge >= 0.3 is 6.18 Å². The lowest BCUT2D eigenvalue weighted by Gasteiger charge is -2.21. The zero-order chi connectivity index (χ0) is 15.5. The number of carbonyl (C=O) groups is 1.